The average molecular weight is 471 g/mol. The van der Waals surface area contributed by atoms with Crippen LogP contribution in [-0.4, -0.2) is 20.7 Å². The van der Waals surface area contributed by atoms with Gasteiger partial charge < -0.3 is 9.15 Å². The molecule has 4 rings (SSSR count). The molecule has 164 valence electrons. The number of carbonyl (C=O) groups is 1. The van der Waals surface area contributed by atoms with E-state index < -0.39 is 5.91 Å². The van der Waals surface area contributed by atoms with E-state index in [0.29, 0.717) is 22.4 Å². The van der Waals surface area contributed by atoms with Crippen LogP contribution in [0, 0.1) is 13.8 Å². The van der Waals surface area contributed by atoms with Crippen molar-refractivity contribution in [3.05, 3.63) is 93.1 Å². The second kappa shape index (κ2) is 9.46. The normalized spacial score (nSPS) is 10.9. The first kappa shape index (κ1) is 21.9. The molecule has 2 aromatic carbocycles. The quantitative estimate of drug-likeness (QED) is 0.375. The van der Waals surface area contributed by atoms with E-state index in [1.54, 1.807) is 30.3 Å². The number of para-hydroxylation sites is 1. The van der Waals surface area contributed by atoms with Crippen LogP contribution in [0.25, 0.3) is 0 Å². The SMILES string of the molecule is Cc1cccc(C)c1OCc1ccc(C(=O)Nc2ncn(Cc3c(Cl)cccc3Cl)n2)o1. The molecule has 32 heavy (non-hydrogen) atoms. The molecule has 0 aliphatic carbocycles. The van der Waals surface area contributed by atoms with Crippen molar-refractivity contribution in [3.8, 4) is 5.75 Å². The van der Waals surface area contributed by atoms with Crippen LogP contribution < -0.4 is 10.1 Å². The van der Waals surface area contributed by atoms with E-state index >= 15 is 0 Å². The number of hydrogen-bond donors (Lipinski definition) is 1. The van der Waals surface area contributed by atoms with Gasteiger partial charge in [-0.05, 0) is 49.2 Å². The summed E-state index contributed by atoms with van der Waals surface area (Å²) in [5.74, 6) is 1.16. The van der Waals surface area contributed by atoms with E-state index in [0.717, 1.165) is 22.4 Å². The highest BCUT2D eigenvalue weighted by Crippen LogP contribution is 2.25. The lowest BCUT2D eigenvalue weighted by atomic mass is 10.1. The summed E-state index contributed by atoms with van der Waals surface area (Å²) in [4.78, 5) is 16.6. The highest BCUT2D eigenvalue weighted by molar-refractivity contribution is 6.35. The van der Waals surface area contributed by atoms with Gasteiger partial charge in [0, 0.05) is 15.6 Å². The zero-order valence-electron chi connectivity index (χ0n) is 17.4. The summed E-state index contributed by atoms with van der Waals surface area (Å²) < 4.78 is 13.0. The maximum absolute atomic E-state index is 12.5. The van der Waals surface area contributed by atoms with E-state index in [1.807, 2.05) is 32.0 Å². The van der Waals surface area contributed by atoms with E-state index in [2.05, 4.69) is 15.4 Å². The predicted molar refractivity (Wildman–Crippen MR) is 122 cm³/mol. The first-order valence-electron chi connectivity index (χ1n) is 9.82. The average Bonchev–Trinajstić information content (AvgIpc) is 3.40. The summed E-state index contributed by atoms with van der Waals surface area (Å²) in [6.07, 6.45) is 1.49. The fourth-order valence-electron chi connectivity index (χ4n) is 3.18. The molecule has 9 heteroatoms. The van der Waals surface area contributed by atoms with Crippen molar-refractivity contribution in [2.75, 3.05) is 5.32 Å². The molecule has 0 atom stereocenters. The summed E-state index contributed by atoms with van der Waals surface area (Å²) >= 11 is 12.4. The molecule has 4 aromatic rings. The van der Waals surface area contributed by atoms with Crippen molar-refractivity contribution in [1.29, 1.82) is 0 Å². The van der Waals surface area contributed by atoms with Crippen LogP contribution >= 0.6 is 23.2 Å². The standard InChI is InChI=1S/C23H20Cl2N4O3/c1-14-5-3-6-15(2)21(14)31-12-16-9-10-20(32-16)22(30)27-23-26-13-29(28-23)11-17-18(24)7-4-8-19(17)25/h3-10,13H,11-12H2,1-2H3,(H,27,28,30). The number of benzene rings is 2. The van der Waals surface area contributed by atoms with Gasteiger partial charge in [-0.25, -0.2) is 9.67 Å². The van der Waals surface area contributed by atoms with E-state index in [-0.39, 0.29) is 18.3 Å². The molecule has 0 bridgehead atoms. The maximum atomic E-state index is 12.5. The predicted octanol–water partition coefficient (Wildman–Crippen LogP) is 5.67. The Morgan fingerprint density at radius 3 is 2.47 bits per heavy atom. The Hall–Kier alpha value is -3.29. The molecule has 0 fully saturated rings. The molecule has 2 heterocycles. The Morgan fingerprint density at radius 2 is 1.75 bits per heavy atom. The molecule has 0 saturated carbocycles. The third kappa shape index (κ3) is 4.95. The summed E-state index contributed by atoms with van der Waals surface area (Å²) in [6, 6.07) is 14.5. The molecule has 0 unspecified atom stereocenters. The fraction of sp³-hybridized carbons (Fsp3) is 0.174. The van der Waals surface area contributed by atoms with Crippen molar-refractivity contribution in [1.82, 2.24) is 14.8 Å². The second-order valence-corrected chi connectivity index (χ2v) is 8.01. The fourth-order valence-corrected chi connectivity index (χ4v) is 3.70. The van der Waals surface area contributed by atoms with Gasteiger partial charge in [0.25, 0.3) is 5.91 Å². The van der Waals surface area contributed by atoms with Crippen LogP contribution in [0.5, 0.6) is 5.75 Å². The largest absolute Gasteiger partial charge is 0.485 e. The second-order valence-electron chi connectivity index (χ2n) is 7.20. The number of hydrogen-bond acceptors (Lipinski definition) is 5. The monoisotopic (exact) mass is 470 g/mol. The lowest BCUT2D eigenvalue weighted by Crippen LogP contribution is -2.12. The lowest BCUT2D eigenvalue weighted by Gasteiger charge is -2.10. The number of furan rings is 1. The van der Waals surface area contributed by atoms with Gasteiger partial charge in [0.1, 0.15) is 24.4 Å². The van der Waals surface area contributed by atoms with Gasteiger partial charge in [-0.2, -0.15) is 0 Å². The van der Waals surface area contributed by atoms with Crippen molar-refractivity contribution in [2.45, 2.75) is 27.0 Å². The zero-order chi connectivity index (χ0) is 22.7. The van der Waals surface area contributed by atoms with Crippen LogP contribution in [0.3, 0.4) is 0 Å². The first-order valence-corrected chi connectivity index (χ1v) is 10.6. The van der Waals surface area contributed by atoms with Gasteiger partial charge in [-0.1, -0.05) is 47.5 Å². The summed E-state index contributed by atoms with van der Waals surface area (Å²) in [5.41, 5.74) is 2.79. The molecule has 0 saturated heterocycles. The first-order chi connectivity index (χ1) is 15.4. The number of rotatable bonds is 7. The van der Waals surface area contributed by atoms with Crippen molar-refractivity contribution in [3.63, 3.8) is 0 Å². The topological polar surface area (TPSA) is 82.2 Å². The van der Waals surface area contributed by atoms with Crippen molar-refractivity contribution < 1.29 is 13.9 Å². The number of nitrogens with one attached hydrogen (secondary N) is 1. The minimum absolute atomic E-state index is 0.135. The molecule has 0 aliphatic heterocycles. The third-order valence-corrected chi connectivity index (χ3v) is 5.50. The lowest BCUT2D eigenvalue weighted by molar-refractivity contribution is 0.0991. The van der Waals surface area contributed by atoms with Crippen LogP contribution in [0.15, 0.2) is 59.3 Å². The number of ether oxygens (including phenoxy) is 1. The third-order valence-electron chi connectivity index (χ3n) is 4.80. The number of amides is 1. The van der Waals surface area contributed by atoms with Crippen molar-refractivity contribution >= 4 is 35.1 Å². The summed E-state index contributed by atoms with van der Waals surface area (Å²) in [6.45, 7) is 4.50. The van der Waals surface area contributed by atoms with Crippen LogP contribution in [0.2, 0.25) is 10.0 Å². The van der Waals surface area contributed by atoms with Gasteiger partial charge in [0.05, 0.1) is 6.54 Å². The van der Waals surface area contributed by atoms with Gasteiger partial charge in [-0.15, -0.1) is 5.10 Å². The smallest absolute Gasteiger partial charge is 0.293 e. The Bertz CT molecular complexity index is 1230. The molecular formula is C23H20Cl2N4O3. The molecule has 0 aliphatic rings. The minimum Gasteiger partial charge on any atom is -0.485 e. The minimum atomic E-state index is -0.461. The number of halogens is 2. The van der Waals surface area contributed by atoms with Crippen LogP contribution in [0.1, 0.15) is 33.0 Å². The molecule has 1 N–H and O–H groups in total. The van der Waals surface area contributed by atoms with Gasteiger partial charge in [0.2, 0.25) is 5.95 Å². The summed E-state index contributed by atoms with van der Waals surface area (Å²) in [7, 11) is 0. The van der Waals surface area contributed by atoms with E-state index in [4.69, 9.17) is 32.4 Å². The summed E-state index contributed by atoms with van der Waals surface area (Å²) in [5, 5.41) is 7.93. The van der Waals surface area contributed by atoms with Gasteiger partial charge in [0.15, 0.2) is 5.76 Å². The maximum Gasteiger partial charge on any atom is 0.293 e. The Balaban J connectivity index is 1.37. The van der Waals surface area contributed by atoms with Crippen molar-refractivity contribution in [2.24, 2.45) is 0 Å². The Morgan fingerprint density at radius 1 is 1.06 bits per heavy atom. The Kier molecular flexibility index (Phi) is 6.48. The van der Waals surface area contributed by atoms with Gasteiger partial charge >= 0.3 is 0 Å². The zero-order valence-corrected chi connectivity index (χ0v) is 18.9. The number of aryl methyl sites for hydroxylation is 2. The highest BCUT2D eigenvalue weighted by atomic mass is 35.5. The van der Waals surface area contributed by atoms with Gasteiger partial charge in [-0.3, -0.25) is 10.1 Å². The molecular weight excluding hydrogens is 451 g/mol. The molecule has 2 aromatic heterocycles. The molecule has 7 nitrogen and oxygen atoms in total. The number of aromatic nitrogens is 3. The van der Waals surface area contributed by atoms with E-state index in [9.17, 15) is 4.79 Å². The Labute approximate surface area is 194 Å². The van der Waals surface area contributed by atoms with Crippen LogP contribution in [0.4, 0.5) is 5.95 Å². The number of nitrogens with zero attached hydrogens (tertiary/aromatic N) is 3. The number of anilines is 1. The van der Waals surface area contributed by atoms with E-state index in [1.165, 1.54) is 11.0 Å². The highest BCUT2D eigenvalue weighted by Gasteiger charge is 2.15. The molecule has 0 spiro atoms. The number of carbonyl (C=O) groups excluding carboxylic acids is 1. The van der Waals surface area contributed by atoms with Crippen LogP contribution in [-0.2, 0) is 13.2 Å². The molecule has 1 amide bonds. The molecule has 0 radical (unpaired) electrons.